The minimum Gasteiger partial charge on any atom is -0.355 e. The van der Waals surface area contributed by atoms with Crippen LogP contribution >= 0.6 is 0 Å². The molecule has 17 rings (SSSR count). The number of rotatable bonds is 0. The van der Waals surface area contributed by atoms with Crippen molar-refractivity contribution in [2.75, 3.05) is 0 Å². The molecule has 9 aliphatic carbocycles. The van der Waals surface area contributed by atoms with Crippen molar-refractivity contribution in [1.29, 1.82) is 0 Å². The number of fused-ring (bicyclic) bond motifs is 11. The highest BCUT2D eigenvalue weighted by Crippen LogP contribution is 2.57. The summed E-state index contributed by atoms with van der Waals surface area (Å²) in [5, 5.41) is 4.87. The summed E-state index contributed by atoms with van der Waals surface area (Å²) in [5.74, 6) is 2.47. The number of hydrogen-bond donors (Lipinski definition) is 4. The van der Waals surface area contributed by atoms with E-state index < -0.39 is 0 Å². The van der Waals surface area contributed by atoms with Gasteiger partial charge in [-0.15, -0.1) is 0 Å². The molecule has 4 aromatic heterocycles. The SMILES string of the molecule is C1=c2ccc([nH]2)=Cc2[nH]c(c3c2C2CCC3c3ccccc32)C=c2[nH]c(c3c2C2CCC3c3ccccc32)=Cc2[nH]c1c1c2C2CCC1c1ccccc12. The standard InChI is InChI=1S/C50H40N4/c1-3-9-29-27(7-1)33-15-17-35(29)47-41-23-43-49-37-19-20-38(32-12-6-5-11-31(32)37)50(49)44(54-43)24-42-48-36-18-16-34(28-8-2-4-10-30(28)36)46(48)40(53-42)22-26-14-13-25(51-26)21-39(52-41)45(33)47/h1-14,21-24,33-38,51-54H,15-20H2. The van der Waals surface area contributed by atoms with Crippen LogP contribution < -0.4 is 21.4 Å². The quantitative estimate of drug-likeness (QED) is 0.125. The van der Waals surface area contributed by atoms with E-state index in [-0.39, 0.29) is 0 Å². The van der Waals surface area contributed by atoms with Gasteiger partial charge >= 0.3 is 0 Å². The third kappa shape index (κ3) is 3.56. The van der Waals surface area contributed by atoms with E-state index in [1.807, 2.05) is 0 Å². The van der Waals surface area contributed by atoms with E-state index in [1.165, 1.54) is 139 Å². The lowest BCUT2D eigenvalue weighted by Gasteiger charge is -2.39. The predicted octanol–water partition coefficient (Wildman–Crippen LogP) is 7.74. The molecule has 0 saturated heterocycles. The third-order valence-corrected chi connectivity index (χ3v) is 14.9. The van der Waals surface area contributed by atoms with Gasteiger partial charge in [0.05, 0.1) is 0 Å². The van der Waals surface area contributed by atoms with Crippen molar-refractivity contribution < 1.29 is 0 Å². The first-order chi connectivity index (χ1) is 26.7. The zero-order valence-corrected chi connectivity index (χ0v) is 30.1. The molecule has 4 heteroatoms. The molecule has 0 amide bonds. The molecule has 54 heavy (non-hydrogen) atoms. The summed E-state index contributed by atoms with van der Waals surface area (Å²) in [6.07, 6.45) is 17.1. The summed E-state index contributed by atoms with van der Waals surface area (Å²) in [4.78, 5) is 16.2. The highest BCUT2D eigenvalue weighted by atomic mass is 14.8. The van der Waals surface area contributed by atoms with Gasteiger partial charge in [-0.1, -0.05) is 72.8 Å². The summed E-state index contributed by atoms with van der Waals surface area (Å²) in [6, 6.07) is 32.4. The van der Waals surface area contributed by atoms with E-state index in [0.717, 1.165) is 10.7 Å². The first-order valence-corrected chi connectivity index (χ1v) is 20.4. The fourth-order valence-electron chi connectivity index (χ4n) is 13.0. The van der Waals surface area contributed by atoms with Crippen molar-refractivity contribution in [2.45, 2.75) is 74.0 Å². The number of benzene rings is 3. The largest absolute Gasteiger partial charge is 0.355 e. The molecule has 10 aliphatic rings. The normalized spacial score (nSPS) is 25.2. The molecule has 0 radical (unpaired) electrons. The first kappa shape index (κ1) is 28.7. The van der Waals surface area contributed by atoms with Crippen LogP contribution in [0.3, 0.4) is 0 Å². The Labute approximate surface area is 313 Å². The van der Waals surface area contributed by atoms with Crippen molar-refractivity contribution in [3.63, 3.8) is 0 Å². The number of aromatic nitrogens is 4. The van der Waals surface area contributed by atoms with E-state index in [4.69, 9.17) is 0 Å². The van der Waals surface area contributed by atoms with E-state index in [1.54, 1.807) is 0 Å². The summed E-state index contributed by atoms with van der Waals surface area (Å²) in [5.41, 5.74) is 23.4. The molecule has 260 valence electrons. The fraction of sp³-hybridized carbons (Fsp3) is 0.240. The molecule has 3 aromatic carbocycles. The Morgan fingerprint density at radius 3 is 0.926 bits per heavy atom. The zero-order chi connectivity index (χ0) is 34.8. The fourth-order valence-corrected chi connectivity index (χ4v) is 13.0. The summed E-state index contributed by atoms with van der Waals surface area (Å²) >= 11 is 0. The van der Waals surface area contributed by atoms with Crippen LogP contribution in [-0.4, -0.2) is 19.9 Å². The second-order valence-electron chi connectivity index (χ2n) is 17.2. The molecule has 0 spiro atoms. The Hall–Kier alpha value is -5.74. The molecule has 6 atom stereocenters. The van der Waals surface area contributed by atoms with Crippen LogP contribution in [0.4, 0.5) is 0 Å². The molecular weight excluding hydrogens is 657 g/mol. The van der Waals surface area contributed by atoms with Gasteiger partial charge in [0.15, 0.2) is 0 Å². The topological polar surface area (TPSA) is 63.2 Å². The second kappa shape index (κ2) is 10.1. The second-order valence-corrected chi connectivity index (χ2v) is 17.2. The Balaban J connectivity index is 1.10. The Morgan fingerprint density at radius 1 is 0.296 bits per heavy atom. The maximum Gasteiger partial charge on any atom is 0.0447 e. The van der Waals surface area contributed by atoms with Crippen molar-refractivity contribution in [3.05, 3.63) is 196 Å². The van der Waals surface area contributed by atoms with Crippen LogP contribution in [0.5, 0.6) is 0 Å². The lowest BCUT2D eigenvalue weighted by Crippen LogP contribution is -2.29. The molecular formula is C50H40N4. The van der Waals surface area contributed by atoms with Crippen LogP contribution in [0.1, 0.15) is 164 Å². The number of nitrogens with one attached hydrogen (secondary N) is 4. The molecule has 0 saturated carbocycles. The van der Waals surface area contributed by atoms with Crippen LogP contribution in [0.25, 0.3) is 24.3 Å². The van der Waals surface area contributed by atoms with E-state index in [2.05, 4.69) is 129 Å². The molecule has 4 N–H and O–H groups in total. The van der Waals surface area contributed by atoms with Crippen LogP contribution in [0.15, 0.2) is 84.9 Å². The van der Waals surface area contributed by atoms with E-state index in [0.29, 0.717) is 35.5 Å². The van der Waals surface area contributed by atoms with Gasteiger partial charge in [-0.25, -0.2) is 0 Å². The summed E-state index contributed by atoms with van der Waals surface area (Å²) in [6.45, 7) is 0. The van der Waals surface area contributed by atoms with Crippen LogP contribution in [0, 0.1) is 0 Å². The van der Waals surface area contributed by atoms with Gasteiger partial charge in [0.2, 0.25) is 0 Å². The van der Waals surface area contributed by atoms with Crippen LogP contribution in [-0.2, 0) is 0 Å². The number of aromatic amines is 4. The maximum absolute atomic E-state index is 4.17. The zero-order valence-electron chi connectivity index (χ0n) is 30.1. The van der Waals surface area contributed by atoms with Gasteiger partial charge < -0.3 is 19.9 Å². The highest BCUT2D eigenvalue weighted by molar-refractivity contribution is 5.73. The monoisotopic (exact) mass is 696 g/mol. The number of H-pyrrole nitrogens is 4. The highest BCUT2D eigenvalue weighted by Gasteiger charge is 2.44. The van der Waals surface area contributed by atoms with Crippen molar-refractivity contribution in [2.24, 2.45) is 0 Å². The predicted molar refractivity (Wildman–Crippen MR) is 214 cm³/mol. The van der Waals surface area contributed by atoms with Crippen LogP contribution in [0.2, 0.25) is 0 Å². The number of hydrogen-bond acceptors (Lipinski definition) is 0. The molecule has 6 unspecified atom stereocenters. The van der Waals surface area contributed by atoms with Gasteiger partial charge in [-0.05, 0) is 142 Å². The molecule has 14 bridgehead atoms. The lowest BCUT2D eigenvalue weighted by atomic mass is 9.63. The third-order valence-electron chi connectivity index (χ3n) is 14.9. The Morgan fingerprint density at radius 2 is 0.593 bits per heavy atom. The average molecular weight is 697 g/mol. The van der Waals surface area contributed by atoms with E-state index >= 15 is 0 Å². The van der Waals surface area contributed by atoms with Gasteiger partial charge in [-0.3, -0.25) is 0 Å². The van der Waals surface area contributed by atoms with Gasteiger partial charge in [0.25, 0.3) is 0 Å². The Kier molecular flexibility index (Phi) is 5.35. The average Bonchev–Trinajstić information content (AvgIpc) is 4.01. The van der Waals surface area contributed by atoms with Gasteiger partial charge in [0, 0.05) is 79.7 Å². The van der Waals surface area contributed by atoms with E-state index in [9.17, 15) is 0 Å². The smallest absolute Gasteiger partial charge is 0.0447 e. The molecule has 1 aliphatic heterocycles. The summed E-state index contributed by atoms with van der Waals surface area (Å²) < 4.78 is 0. The van der Waals surface area contributed by atoms with Crippen molar-refractivity contribution in [3.8, 4) is 0 Å². The first-order valence-electron chi connectivity index (χ1n) is 20.4. The molecule has 0 fully saturated rings. The van der Waals surface area contributed by atoms with Crippen molar-refractivity contribution in [1.82, 2.24) is 19.9 Å². The summed E-state index contributed by atoms with van der Waals surface area (Å²) in [7, 11) is 0. The molecule has 7 aromatic rings. The minimum atomic E-state index is 0.406. The minimum absolute atomic E-state index is 0.406. The molecule has 4 nitrogen and oxygen atoms in total. The van der Waals surface area contributed by atoms with Gasteiger partial charge in [0.1, 0.15) is 0 Å². The maximum atomic E-state index is 4.17. The Bertz CT molecular complexity index is 2860. The lowest BCUT2D eigenvalue weighted by molar-refractivity contribution is 0.519. The molecule has 5 heterocycles. The van der Waals surface area contributed by atoms with Gasteiger partial charge in [-0.2, -0.15) is 0 Å². The van der Waals surface area contributed by atoms with Crippen molar-refractivity contribution >= 4 is 24.3 Å².